The Morgan fingerprint density at radius 2 is 2.24 bits per heavy atom. The van der Waals surface area contributed by atoms with Crippen LogP contribution in [0, 0.1) is 0 Å². The molecule has 0 bridgehead atoms. The van der Waals surface area contributed by atoms with Gasteiger partial charge in [0.15, 0.2) is 0 Å². The molecule has 0 N–H and O–H groups in total. The predicted octanol–water partition coefficient (Wildman–Crippen LogP) is 4.07. The van der Waals surface area contributed by atoms with Gasteiger partial charge in [-0.25, -0.2) is 0 Å². The van der Waals surface area contributed by atoms with Gasteiger partial charge in [-0.2, -0.15) is 8.78 Å². The minimum Gasteiger partial charge on any atom is -0.435 e. The van der Waals surface area contributed by atoms with Gasteiger partial charge in [0.1, 0.15) is 5.75 Å². The molecule has 1 aromatic rings. The summed E-state index contributed by atoms with van der Waals surface area (Å²) >= 11 is 3.42. The molecular formula is C15H18BrF2NO2. The SMILES string of the molecule is O=C(c1cccc(OC(F)F)c1)N1CCCCC1CCBr. The van der Waals surface area contributed by atoms with Gasteiger partial charge in [-0.3, -0.25) is 4.79 Å². The number of likely N-dealkylation sites (tertiary alicyclic amines) is 1. The molecule has 1 aliphatic heterocycles. The van der Waals surface area contributed by atoms with Gasteiger partial charge >= 0.3 is 6.61 Å². The van der Waals surface area contributed by atoms with E-state index in [1.54, 1.807) is 12.1 Å². The fourth-order valence-electron chi connectivity index (χ4n) is 2.67. The molecule has 1 atom stereocenters. The number of rotatable bonds is 5. The van der Waals surface area contributed by atoms with E-state index < -0.39 is 6.61 Å². The standard InChI is InChI=1S/C15H18BrF2NO2/c16-8-7-12-5-1-2-9-19(12)14(20)11-4-3-6-13(10-11)21-15(17)18/h3-4,6,10,12,15H,1-2,5,7-9H2. The largest absolute Gasteiger partial charge is 0.435 e. The van der Waals surface area contributed by atoms with Crippen LogP contribution in [0.15, 0.2) is 24.3 Å². The number of nitrogens with zero attached hydrogens (tertiary/aromatic N) is 1. The van der Waals surface area contributed by atoms with Crippen LogP contribution in [-0.4, -0.2) is 35.3 Å². The molecule has 2 rings (SSSR count). The third kappa shape index (κ3) is 4.40. The lowest BCUT2D eigenvalue weighted by Crippen LogP contribution is -2.43. The number of halogens is 3. The lowest BCUT2D eigenvalue weighted by Gasteiger charge is -2.35. The number of benzene rings is 1. The minimum atomic E-state index is -2.88. The maximum Gasteiger partial charge on any atom is 0.387 e. The van der Waals surface area contributed by atoms with Crippen molar-refractivity contribution in [2.45, 2.75) is 38.3 Å². The van der Waals surface area contributed by atoms with Crippen molar-refractivity contribution >= 4 is 21.8 Å². The van der Waals surface area contributed by atoms with E-state index in [0.717, 1.165) is 37.6 Å². The van der Waals surface area contributed by atoms with Crippen molar-refractivity contribution in [3.63, 3.8) is 0 Å². The Balaban J connectivity index is 2.14. The Hall–Kier alpha value is -1.17. The lowest BCUT2D eigenvalue weighted by atomic mass is 9.99. The Morgan fingerprint density at radius 3 is 2.95 bits per heavy atom. The average molecular weight is 362 g/mol. The second-order valence-corrected chi connectivity index (χ2v) is 5.83. The van der Waals surface area contributed by atoms with Gasteiger partial charge in [0.2, 0.25) is 0 Å². The summed E-state index contributed by atoms with van der Waals surface area (Å²) in [7, 11) is 0. The van der Waals surface area contributed by atoms with Crippen LogP contribution < -0.4 is 4.74 Å². The summed E-state index contributed by atoms with van der Waals surface area (Å²) in [6.45, 7) is -2.16. The van der Waals surface area contributed by atoms with Crippen LogP contribution in [-0.2, 0) is 0 Å². The number of carbonyl (C=O) groups is 1. The first-order valence-corrected chi connectivity index (χ1v) is 8.16. The normalized spacial score (nSPS) is 18.9. The fourth-order valence-corrected chi connectivity index (χ4v) is 3.19. The van der Waals surface area contributed by atoms with E-state index in [1.165, 1.54) is 12.1 Å². The number of carbonyl (C=O) groups excluding carboxylic acids is 1. The van der Waals surface area contributed by atoms with Gasteiger partial charge in [0, 0.05) is 23.5 Å². The van der Waals surface area contributed by atoms with Crippen LogP contribution in [0.4, 0.5) is 8.78 Å². The smallest absolute Gasteiger partial charge is 0.387 e. The van der Waals surface area contributed by atoms with Gasteiger partial charge in [0.05, 0.1) is 0 Å². The topological polar surface area (TPSA) is 29.5 Å². The number of piperidine rings is 1. The molecule has 1 heterocycles. The van der Waals surface area contributed by atoms with Crippen molar-refractivity contribution < 1.29 is 18.3 Å². The van der Waals surface area contributed by atoms with Crippen LogP contribution in [0.25, 0.3) is 0 Å². The maximum atomic E-state index is 12.6. The number of hydrogen-bond donors (Lipinski definition) is 0. The van der Waals surface area contributed by atoms with E-state index in [0.29, 0.717) is 5.56 Å². The van der Waals surface area contributed by atoms with Gasteiger partial charge in [-0.05, 0) is 43.9 Å². The molecule has 6 heteroatoms. The van der Waals surface area contributed by atoms with Crippen LogP contribution in [0.5, 0.6) is 5.75 Å². The molecule has 1 aliphatic rings. The van der Waals surface area contributed by atoms with Crippen LogP contribution in [0.1, 0.15) is 36.0 Å². The number of hydrogen-bond acceptors (Lipinski definition) is 2. The maximum absolute atomic E-state index is 12.6. The summed E-state index contributed by atoms with van der Waals surface area (Å²) < 4.78 is 28.9. The molecule has 21 heavy (non-hydrogen) atoms. The van der Waals surface area contributed by atoms with Crippen LogP contribution >= 0.6 is 15.9 Å². The highest BCUT2D eigenvalue weighted by molar-refractivity contribution is 9.09. The van der Waals surface area contributed by atoms with Crippen molar-refractivity contribution in [3.05, 3.63) is 29.8 Å². The molecule has 3 nitrogen and oxygen atoms in total. The molecule has 116 valence electrons. The van der Waals surface area contributed by atoms with E-state index in [-0.39, 0.29) is 17.7 Å². The highest BCUT2D eigenvalue weighted by Crippen LogP contribution is 2.24. The molecule has 1 aromatic carbocycles. The zero-order valence-electron chi connectivity index (χ0n) is 11.6. The summed E-state index contributed by atoms with van der Waals surface area (Å²) in [5.74, 6) is -0.0923. The van der Waals surface area contributed by atoms with E-state index in [2.05, 4.69) is 20.7 Å². The fraction of sp³-hybridized carbons (Fsp3) is 0.533. The van der Waals surface area contributed by atoms with E-state index in [1.807, 2.05) is 4.90 Å². The van der Waals surface area contributed by atoms with E-state index >= 15 is 0 Å². The summed E-state index contributed by atoms with van der Waals surface area (Å²) in [5.41, 5.74) is 0.398. The second-order valence-electron chi connectivity index (χ2n) is 5.03. The van der Waals surface area contributed by atoms with Crippen molar-refractivity contribution in [3.8, 4) is 5.75 Å². The first kappa shape index (κ1) is 16.2. The molecule has 0 saturated carbocycles. The predicted molar refractivity (Wildman–Crippen MR) is 80.2 cm³/mol. The van der Waals surface area contributed by atoms with Gasteiger partial charge < -0.3 is 9.64 Å². The Kier molecular flexibility index (Phi) is 5.96. The zero-order valence-corrected chi connectivity index (χ0v) is 13.2. The van der Waals surface area contributed by atoms with Gasteiger partial charge in [-0.15, -0.1) is 0 Å². The molecule has 1 amide bonds. The van der Waals surface area contributed by atoms with Crippen molar-refractivity contribution in [2.24, 2.45) is 0 Å². The molecule has 0 aliphatic carbocycles. The van der Waals surface area contributed by atoms with Gasteiger partial charge in [0.25, 0.3) is 5.91 Å². The van der Waals surface area contributed by atoms with Crippen LogP contribution in [0.2, 0.25) is 0 Å². The minimum absolute atomic E-state index is 0.0184. The van der Waals surface area contributed by atoms with E-state index in [4.69, 9.17) is 0 Å². The molecule has 0 radical (unpaired) electrons. The quantitative estimate of drug-likeness (QED) is 0.739. The Morgan fingerprint density at radius 1 is 1.43 bits per heavy atom. The molecule has 0 spiro atoms. The number of amides is 1. The summed E-state index contributed by atoms with van der Waals surface area (Å²) in [6, 6.07) is 6.23. The van der Waals surface area contributed by atoms with E-state index in [9.17, 15) is 13.6 Å². The second kappa shape index (κ2) is 7.73. The Bertz CT molecular complexity index is 482. The highest BCUT2D eigenvalue weighted by atomic mass is 79.9. The zero-order chi connectivity index (χ0) is 15.2. The van der Waals surface area contributed by atoms with Crippen molar-refractivity contribution in [1.29, 1.82) is 0 Å². The summed E-state index contributed by atoms with van der Waals surface area (Å²) in [4.78, 5) is 14.4. The average Bonchev–Trinajstić information content (AvgIpc) is 2.47. The molecule has 1 unspecified atom stereocenters. The Labute approximate surface area is 131 Å². The summed E-state index contributed by atoms with van der Waals surface area (Å²) in [6.07, 6.45) is 4.00. The molecule has 1 fully saturated rings. The third-order valence-corrected chi connectivity index (χ3v) is 4.09. The van der Waals surface area contributed by atoms with Crippen molar-refractivity contribution in [1.82, 2.24) is 4.90 Å². The highest BCUT2D eigenvalue weighted by Gasteiger charge is 2.27. The van der Waals surface area contributed by atoms with Crippen molar-refractivity contribution in [2.75, 3.05) is 11.9 Å². The third-order valence-electron chi connectivity index (χ3n) is 3.64. The number of ether oxygens (including phenoxy) is 1. The molecule has 1 saturated heterocycles. The molecule has 0 aromatic heterocycles. The summed E-state index contributed by atoms with van der Waals surface area (Å²) in [5, 5.41) is 0.843. The molecular weight excluding hydrogens is 344 g/mol. The first-order valence-electron chi connectivity index (χ1n) is 7.03. The monoisotopic (exact) mass is 361 g/mol. The van der Waals surface area contributed by atoms with Crippen LogP contribution in [0.3, 0.4) is 0 Å². The first-order chi connectivity index (χ1) is 10.1. The lowest BCUT2D eigenvalue weighted by molar-refractivity contribution is -0.0499. The number of alkyl halides is 3. The van der Waals surface area contributed by atoms with Gasteiger partial charge in [-0.1, -0.05) is 22.0 Å².